The van der Waals surface area contributed by atoms with E-state index in [1.807, 2.05) is 0 Å². The molecule has 1 aliphatic heterocycles. The van der Waals surface area contributed by atoms with E-state index in [1.165, 1.54) is 12.1 Å². The fraction of sp³-hybridized carbons (Fsp3) is 0.462. The van der Waals surface area contributed by atoms with Crippen LogP contribution in [0.3, 0.4) is 0 Å². The van der Waals surface area contributed by atoms with Crippen LogP contribution in [0.5, 0.6) is 0 Å². The van der Waals surface area contributed by atoms with Crippen LogP contribution in [0.15, 0.2) is 18.2 Å². The van der Waals surface area contributed by atoms with Crippen LogP contribution in [0.2, 0.25) is 5.02 Å². The summed E-state index contributed by atoms with van der Waals surface area (Å²) in [6.07, 6.45) is 1.16. The largest absolute Gasteiger partial charge is 0.381 e. The zero-order valence-electron chi connectivity index (χ0n) is 10.4. The third-order valence-corrected chi connectivity index (χ3v) is 3.81. The first-order chi connectivity index (χ1) is 9.07. The molecular weight excluding hydrogens is 271 g/mol. The van der Waals surface area contributed by atoms with Gasteiger partial charge < -0.3 is 15.8 Å². The highest BCUT2D eigenvalue weighted by Gasteiger charge is 2.38. The lowest BCUT2D eigenvalue weighted by atomic mass is 9.79. The van der Waals surface area contributed by atoms with E-state index in [-0.39, 0.29) is 17.5 Å². The minimum Gasteiger partial charge on any atom is -0.381 e. The highest BCUT2D eigenvalue weighted by molar-refractivity contribution is 6.33. The van der Waals surface area contributed by atoms with Crippen molar-refractivity contribution in [3.05, 3.63) is 29.0 Å². The molecule has 0 aromatic heterocycles. The number of rotatable bonds is 3. The van der Waals surface area contributed by atoms with Gasteiger partial charge in [-0.05, 0) is 31.0 Å². The number of benzene rings is 1. The van der Waals surface area contributed by atoms with Gasteiger partial charge in [-0.1, -0.05) is 11.6 Å². The summed E-state index contributed by atoms with van der Waals surface area (Å²) in [7, 11) is 0. The molecule has 0 atom stereocenters. The van der Waals surface area contributed by atoms with Gasteiger partial charge in [0.1, 0.15) is 5.82 Å². The molecule has 1 heterocycles. The second-order valence-corrected chi connectivity index (χ2v) is 5.08. The highest BCUT2D eigenvalue weighted by Crippen LogP contribution is 2.32. The van der Waals surface area contributed by atoms with Crippen molar-refractivity contribution in [3.8, 4) is 0 Å². The molecule has 0 aliphatic carbocycles. The van der Waals surface area contributed by atoms with E-state index in [0.717, 1.165) is 6.07 Å². The zero-order chi connectivity index (χ0) is 13.9. The minimum atomic E-state index is -0.629. The Morgan fingerprint density at radius 3 is 2.74 bits per heavy atom. The molecule has 0 radical (unpaired) electrons. The lowest BCUT2D eigenvalue weighted by Crippen LogP contribution is -2.46. The zero-order valence-corrected chi connectivity index (χ0v) is 11.2. The molecule has 4 nitrogen and oxygen atoms in total. The first-order valence-corrected chi connectivity index (χ1v) is 6.49. The molecule has 1 aliphatic rings. The van der Waals surface area contributed by atoms with Crippen molar-refractivity contribution >= 4 is 23.2 Å². The van der Waals surface area contributed by atoms with Crippen LogP contribution in [0.1, 0.15) is 12.8 Å². The monoisotopic (exact) mass is 286 g/mol. The molecule has 1 aromatic carbocycles. The van der Waals surface area contributed by atoms with Gasteiger partial charge in [-0.25, -0.2) is 4.39 Å². The number of hydrogen-bond donors (Lipinski definition) is 2. The van der Waals surface area contributed by atoms with Gasteiger partial charge in [0.15, 0.2) is 0 Å². The number of hydrogen-bond acceptors (Lipinski definition) is 3. The first kappa shape index (κ1) is 14.2. The number of ether oxygens (including phenoxy) is 1. The smallest absolute Gasteiger partial charge is 0.232 e. The van der Waals surface area contributed by atoms with Gasteiger partial charge in [0.25, 0.3) is 0 Å². The van der Waals surface area contributed by atoms with Crippen molar-refractivity contribution in [2.24, 2.45) is 11.1 Å². The predicted molar refractivity (Wildman–Crippen MR) is 71.6 cm³/mol. The lowest BCUT2D eigenvalue weighted by molar-refractivity contribution is -0.130. The average molecular weight is 287 g/mol. The van der Waals surface area contributed by atoms with Gasteiger partial charge in [-0.2, -0.15) is 0 Å². The maximum absolute atomic E-state index is 12.9. The molecule has 19 heavy (non-hydrogen) atoms. The highest BCUT2D eigenvalue weighted by atomic mass is 35.5. The Labute approximate surface area is 116 Å². The van der Waals surface area contributed by atoms with Crippen LogP contribution >= 0.6 is 11.6 Å². The van der Waals surface area contributed by atoms with Crippen LogP contribution in [-0.2, 0) is 9.53 Å². The van der Waals surface area contributed by atoms with Crippen LogP contribution in [-0.4, -0.2) is 25.7 Å². The van der Waals surface area contributed by atoms with E-state index in [0.29, 0.717) is 31.7 Å². The molecule has 0 spiro atoms. The molecule has 2 rings (SSSR count). The van der Waals surface area contributed by atoms with Crippen LogP contribution in [0.25, 0.3) is 0 Å². The molecule has 0 unspecified atom stereocenters. The van der Waals surface area contributed by atoms with Gasteiger partial charge in [0, 0.05) is 19.8 Å². The molecule has 1 aromatic rings. The summed E-state index contributed by atoms with van der Waals surface area (Å²) in [6, 6.07) is 3.86. The fourth-order valence-electron chi connectivity index (χ4n) is 2.13. The topological polar surface area (TPSA) is 64.4 Å². The maximum atomic E-state index is 12.9. The first-order valence-electron chi connectivity index (χ1n) is 6.12. The van der Waals surface area contributed by atoms with Gasteiger partial charge in [0.05, 0.1) is 16.1 Å². The third kappa shape index (κ3) is 3.05. The second-order valence-electron chi connectivity index (χ2n) is 4.68. The predicted octanol–water partition coefficient (Wildman–Crippen LogP) is 2.17. The second kappa shape index (κ2) is 5.86. The molecule has 1 amide bonds. The van der Waals surface area contributed by atoms with Crippen molar-refractivity contribution in [1.29, 1.82) is 0 Å². The maximum Gasteiger partial charge on any atom is 0.232 e. The van der Waals surface area contributed by atoms with Crippen LogP contribution in [0, 0.1) is 11.2 Å². The Balaban J connectivity index is 2.15. The summed E-state index contributed by atoms with van der Waals surface area (Å²) in [5.41, 5.74) is 5.51. The summed E-state index contributed by atoms with van der Waals surface area (Å²) in [4.78, 5) is 12.4. The summed E-state index contributed by atoms with van der Waals surface area (Å²) in [6.45, 7) is 1.28. The van der Waals surface area contributed by atoms with Crippen LogP contribution < -0.4 is 11.1 Å². The van der Waals surface area contributed by atoms with Gasteiger partial charge >= 0.3 is 0 Å². The fourth-order valence-corrected chi connectivity index (χ4v) is 2.35. The number of anilines is 1. The molecule has 3 N–H and O–H groups in total. The van der Waals surface area contributed by atoms with Crippen molar-refractivity contribution in [1.82, 2.24) is 0 Å². The number of nitrogens with one attached hydrogen (secondary N) is 1. The third-order valence-electron chi connectivity index (χ3n) is 3.50. The Bertz CT molecular complexity index is 476. The number of amides is 1. The van der Waals surface area contributed by atoms with E-state index in [2.05, 4.69) is 5.32 Å². The van der Waals surface area contributed by atoms with E-state index >= 15 is 0 Å². The van der Waals surface area contributed by atoms with Crippen molar-refractivity contribution in [2.45, 2.75) is 12.8 Å². The van der Waals surface area contributed by atoms with E-state index in [1.54, 1.807) is 0 Å². The Kier molecular flexibility index (Phi) is 4.39. The summed E-state index contributed by atoms with van der Waals surface area (Å²) < 4.78 is 18.2. The molecular formula is C13H16ClFN2O2. The van der Waals surface area contributed by atoms with E-state index in [4.69, 9.17) is 22.1 Å². The quantitative estimate of drug-likeness (QED) is 0.895. The average Bonchev–Trinajstić information content (AvgIpc) is 2.42. The molecule has 0 bridgehead atoms. The molecule has 1 saturated heterocycles. The molecule has 0 saturated carbocycles. The van der Waals surface area contributed by atoms with Gasteiger partial charge in [0.2, 0.25) is 5.91 Å². The van der Waals surface area contributed by atoms with Crippen molar-refractivity contribution < 1.29 is 13.9 Å². The SMILES string of the molecule is NCC1(C(=O)Nc2ccc(F)cc2Cl)CCOCC1. The number of halogens is 2. The summed E-state index contributed by atoms with van der Waals surface area (Å²) in [5.74, 6) is -0.630. The summed E-state index contributed by atoms with van der Waals surface area (Å²) >= 11 is 5.89. The normalized spacial score (nSPS) is 18.1. The lowest BCUT2D eigenvalue weighted by Gasteiger charge is -2.34. The van der Waals surface area contributed by atoms with E-state index in [9.17, 15) is 9.18 Å². The standard InChI is InChI=1S/C13H16ClFN2O2/c14-10-7-9(15)1-2-11(10)17-12(18)13(8-16)3-5-19-6-4-13/h1-2,7H,3-6,8,16H2,(H,17,18). The number of nitrogens with two attached hydrogens (primary N) is 1. The molecule has 104 valence electrons. The Morgan fingerprint density at radius 1 is 1.47 bits per heavy atom. The minimum absolute atomic E-state index is 0.174. The van der Waals surface area contributed by atoms with Gasteiger partial charge in [-0.3, -0.25) is 4.79 Å². The van der Waals surface area contributed by atoms with Crippen molar-refractivity contribution in [2.75, 3.05) is 25.1 Å². The number of carbonyl (C=O) groups is 1. The van der Waals surface area contributed by atoms with E-state index < -0.39 is 11.2 Å². The molecule has 1 fully saturated rings. The van der Waals surface area contributed by atoms with Crippen molar-refractivity contribution in [3.63, 3.8) is 0 Å². The van der Waals surface area contributed by atoms with Gasteiger partial charge in [-0.15, -0.1) is 0 Å². The van der Waals surface area contributed by atoms with Crippen LogP contribution in [0.4, 0.5) is 10.1 Å². The Morgan fingerprint density at radius 2 is 2.16 bits per heavy atom. The molecule has 6 heteroatoms. The Hall–Kier alpha value is -1.17. The number of carbonyl (C=O) groups excluding carboxylic acids is 1. The summed E-state index contributed by atoms with van der Waals surface area (Å²) in [5, 5.41) is 2.90.